The van der Waals surface area contributed by atoms with Crippen molar-refractivity contribution < 1.29 is 4.74 Å². The Morgan fingerprint density at radius 3 is 2.20 bits per heavy atom. The summed E-state index contributed by atoms with van der Waals surface area (Å²) in [5, 5.41) is 0. The monoisotopic (exact) mass is 337 g/mol. The Morgan fingerprint density at radius 2 is 1.52 bits per heavy atom. The molecule has 0 atom stereocenters. The van der Waals surface area contributed by atoms with Crippen molar-refractivity contribution in [1.29, 1.82) is 0 Å². The van der Waals surface area contributed by atoms with Gasteiger partial charge in [-0.05, 0) is 66.8 Å². The molecule has 2 heteroatoms. The third-order valence-corrected chi connectivity index (χ3v) is 4.26. The summed E-state index contributed by atoms with van der Waals surface area (Å²) in [5.41, 5.74) is 3.50. The Balaban J connectivity index is 1.82. The predicted molar refractivity (Wildman–Crippen MR) is 108 cm³/mol. The molecule has 2 aromatic carbocycles. The molecule has 0 aliphatic rings. The van der Waals surface area contributed by atoms with Crippen LogP contribution in [0.25, 0.3) is 0 Å². The van der Waals surface area contributed by atoms with E-state index in [0.717, 1.165) is 36.4 Å². The van der Waals surface area contributed by atoms with E-state index in [9.17, 15) is 0 Å². The molecule has 0 N–H and O–H groups in total. The van der Waals surface area contributed by atoms with Crippen molar-refractivity contribution >= 4 is 11.9 Å². The average molecular weight is 338 g/mol. The molecule has 0 bridgehead atoms. The second-order valence-electron chi connectivity index (χ2n) is 6.51. The molecule has 0 radical (unpaired) electrons. The zero-order valence-electron chi connectivity index (χ0n) is 15.7. The number of benzene rings is 2. The molecule has 2 rings (SSSR count). The maximum Gasteiger partial charge on any atom is 0.119 e. The smallest absolute Gasteiger partial charge is 0.119 e. The van der Waals surface area contributed by atoms with E-state index in [1.807, 2.05) is 30.5 Å². The summed E-state index contributed by atoms with van der Waals surface area (Å²) in [6.45, 7) is 5.20. The summed E-state index contributed by atoms with van der Waals surface area (Å²) in [7, 11) is 0. The summed E-state index contributed by atoms with van der Waals surface area (Å²) in [4.78, 5) is 4.57. The Hall–Kier alpha value is -2.09. The van der Waals surface area contributed by atoms with Crippen LogP contribution in [0.15, 0.2) is 53.5 Å². The van der Waals surface area contributed by atoms with E-state index in [4.69, 9.17) is 4.74 Å². The van der Waals surface area contributed by atoms with E-state index >= 15 is 0 Å². The molecule has 2 nitrogen and oxygen atoms in total. The number of hydrogen-bond donors (Lipinski definition) is 0. The summed E-state index contributed by atoms with van der Waals surface area (Å²) >= 11 is 0. The van der Waals surface area contributed by atoms with Crippen LogP contribution in [-0.2, 0) is 6.42 Å². The Kier molecular flexibility index (Phi) is 8.82. The minimum atomic E-state index is 0.786. The Bertz CT molecular complexity index is 614. The summed E-state index contributed by atoms with van der Waals surface area (Å²) in [6, 6.07) is 16.7. The second-order valence-corrected chi connectivity index (χ2v) is 6.51. The standard InChI is InChI=1S/C23H31NO/c1-3-5-7-8-9-20-10-14-22(15-11-20)24-19-21-12-16-23(17-13-21)25-18-6-4-2/h10-17,19H,3-9,18H2,1-2H3/b24-19+. The topological polar surface area (TPSA) is 21.6 Å². The summed E-state index contributed by atoms with van der Waals surface area (Å²) < 4.78 is 5.68. The van der Waals surface area contributed by atoms with Crippen LogP contribution in [-0.4, -0.2) is 12.8 Å². The first-order valence-electron chi connectivity index (χ1n) is 9.67. The van der Waals surface area contributed by atoms with Gasteiger partial charge < -0.3 is 4.74 Å². The maximum atomic E-state index is 5.68. The van der Waals surface area contributed by atoms with E-state index in [-0.39, 0.29) is 0 Å². The first-order valence-corrected chi connectivity index (χ1v) is 9.67. The fourth-order valence-electron chi connectivity index (χ4n) is 2.64. The second kappa shape index (κ2) is 11.5. The van der Waals surface area contributed by atoms with Gasteiger partial charge in [-0.1, -0.05) is 51.7 Å². The molecule has 0 saturated carbocycles. The van der Waals surface area contributed by atoms with Crippen LogP contribution < -0.4 is 4.74 Å². The summed E-state index contributed by atoms with van der Waals surface area (Å²) in [5.74, 6) is 0.929. The van der Waals surface area contributed by atoms with E-state index in [1.165, 1.54) is 37.7 Å². The zero-order chi connectivity index (χ0) is 17.7. The van der Waals surface area contributed by atoms with Gasteiger partial charge in [0, 0.05) is 6.21 Å². The van der Waals surface area contributed by atoms with Gasteiger partial charge >= 0.3 is 0 Å². The molecule has 0 aromatic heterocycles. The van der Waals surface area contributed by atoms with Crippen LogP contribution >= 0.6 is 0 Å². The molecule has 134 valence electrons. The number of unbranched alkanes of at least 4 members (excludes halogenated alkanes) is 4. The third kappa shape index (κ3) is 7.55. The van der Waals surface area contributed by atoms with Gasteiger partial charge in [-0.2, -0.15) is 0 Å². The highest BCUT2D eigenvalue weighted by molar-refractivity contribution is 5.82. The van der Waals surface area contributed by atoms with Crippen molar-refractivity contribution in [2.24, 2.45) is 4.99 Å². The van der Waals surface area contributed by atoms with Gasteiger partial charge in [0.25, 0.3) is 0 Å². The number of rotatable bonds is 11. The normalized spacial score (nSPS) is 11.1. The summed E-state index contributed by atoms with van der Waals surface area (Å²) in [6.07, 6.45) is 10.6. The van der Waals surface area contributed by atoms with Gasteiger partial charge in [0.15, 0.2) is 0 Å². The largest absolute Gasteiger partial charge is 0.494 e. The lowest BCUT2D eigenvalue weighted by Crippen LogP contribution is -1.96. The van der Waals surface area contributed by atoms with Gasteiger partial charge in [-0.3, -0.25) is 4.99 Å². The van der Waals surface area contributed by atoms with E-state index in [0.29, 0.717) is 0 Å². The number of ether oxygens (including phenoxy) is 1. The third-order valence-electron chi connectivity index (χ3n) is 4.26. The molecule has 0 aliphatic carbocycles. The lowest BCUT2D eigenvalue weighted by atomic mass is 10.1. The molecular weight excluding hydrogens is 306 g/mol. The highest BCUT2D eigenvalue weighted by Crippen LogP contribution is 2.16. The van der Waals surface area contributed by atoms with Crippen molar-refractivity contribution in [3.63, 3.8) is 0 Å². The minimum absolute atomic E-state index is 0.786. The lowest BCUT2D eigenvalue weighted by Gasteiger charge is -2.05. The van der Waals surface area contributed by atoms with Crippen molar-refractivity contribution in [2.45, 2.75) is 58.8 Å². The van der Waals surface area contributed by atoms with Gasteiger partial charge in [0.2, 0.25) is 0 Å². The maximum absolute atomic E-state index is 5.68. The highest BCUT2D eigenvalue weighted by Gasteiger charge is 1.96. The van der Waals surface area contributed by atoms with Gasteiger partial charge in [0.05, 0.1) is 12.3 Å². The average Bonchev–Trinajstić information content (AvgIpc) is 2.66. The van der Waals surface area contributed by atoms with E-state index < -0.39 is 0 Å². The number of hydrogen-bond acceptors (Lipinski definition) is 2. The van der Waals surface area contributed by atoms with Gasteiger partial charge in [0.1, 0.15) is 5.75 Å². The number of nitrogens with zero attached hydrogens (tertiary/aromatic N) is 1. The highest BCUT2D eigenvalue weighted by atomic mass is 16.5. The molecule has 0 saturated heterocycles. The van der Waals surface area contributed by atoms with Crippen LogP contribution in [0.1, 0.15) is 63.5 Å². The Morgan fingerprint density at radius 1 is 0.800 bits per heavy atom. The van der Waals surface area contributed by atoms with Gasteiger partial charge in [-0.25, -0.2) is 0 Å². The minimum Gasteiger partial charge on any atom is -0.494 e. The number of aliphatic imine (C=N–C) groups is 1. The van der Waals surface area contributed by atoms with Crippen molar-refractivity contribution in [3.8, 4) is 5.75 Å². The molecule has 0 spiro atoms. The molecule has 0 fully saturated rings. The van der Waals surface area contributed by atoms with Crippen LogP contribution in [0.5, 0.6) is 5.75 Å². The Labute approximate surface area is 153 Å². The molecule has 0 aliphatic heterocycles. The van der Waals surface area contributed by atoms with Crippen LogP contribution in [0.3, 0.4) is 0 Å². The first-order chi connectivity index (χ1) is 12.3. The van der Waals surface area contributed by atoms with Crippen LogP contribution in [0, 0.1) is 0 Å². The van der Waals surface area contributed by atoms with Gasteiger partial charge in [-0.15, -0.1) is 0 Å². The molecular formula is C23H31NO. The van der Waals surface area contributed by atoms with E-state index in [1.54, 1.807) is 0 Å². The van der Waals surface area contributed by atoms with Crippen LogP contribution in [0.2, 0.25) is 0 Å². The molecule has 25 heavy (non-hydrogen) atoms. The molecule has 0 unspecified atom stereocenters. The number of aryl methyl sites for hydroxylation is 1. The molecule has 0 amide bonds. The SMILES string of the molecule is CCCCCCc1ccc(/N=C/c2ccc(OCCCC)cc2)cc1. The van der Waals surface area contributed by atoms with Crippen LogP contribution in [0.4, 0.5) is 5.69 Å². The lowest BCUT2D eigenvalue weighted by molar-refractivity contribution is 0.309. The van der Waals surface area contributed by atoms with E-state index in [2.05, 4.69) is 43.1 Å². The van der Waals surface area contributed by atoms with Crippen molar-refractivity contribution in [1.82, 2.24) is 0 Å². The zero-order valence-corrected chi connectivity index (χ0v) is 15.7. The fraction of sp³-hybridized carbons (Fsp3) is 0.435. The predicted octanol–water partition coefficient (Wildman–Crippen LogP) is 6.74. The fourth-order valence-corrected chi connectivity index (χ4v) is 2.64. The van der Waals surface area contributed by atoms with Crippen molar-refractivity contribution in [2.75, 3.05) is 6.61 Å². The first kappa shape index (κ1) is 19.2. The van der Waals surface area contributed by atoms with Crippen molar-refractivity contribution in [3.05, 3.63) is 59.7 Å². The molecule has 0 heterocycles. The quantitative estimate of drug-likeness (QED) is 0.329. The molecule has 2 aromatic rings.